The van der Waals surface area contributed by atoms with Crippen molar-refractivity contribution in [3.63, 3.8) is 0 Å². The van der Waals surface area contributed by atoms with E-state index in [0.717, 1.165) is 64.8 Å². The van der Waals surface area contributed by atoms with Crippen molar-refractivity contribution in [3.8, 4) is 45.3 Å². The number of hydrogen-bond donors (Lipinski definition) is 0. The van der Waals surface area contributed by atoms with E-state index in [1.54, 1.807) is 22.7 Å². The molecule has 5 aromatic carbocycles. The molecule has 0 radical (unpaired) electrons. The standard InChI is InChI=1S/C38H22N4S2/c1-3-13-23(14-4-1)37-39-31(35-33(41-37)27-19-9-11-21-29(27)43-35)25-17-7-8-18-26(25)32-36-34(28-20-10-12-22-30(28)44-36)42-38(40-32)24-15-5-2-6-16-24/h1-22H. The quantitative estimate of drug-likeness (QED) is 0.202. The van der Waals surface area contributed by atoms with Gasteiger partial charge in [0.15, 0.2) is 11.6 Å². The summed E-state index contributed by atoms with van der Waals surface area (Å²) in [5.41, 5.74) is 7.82. The maximum Gasteiger partial charge on any atom is 0.160 e. The van der Waals surface area contributed by atoms with E-state index in [-0.39, 0.29) is 0 Å². The van der Waals surface area contributed by atoms with E-state index < -0.39 is 0 Å². The highest BCUT2D eigenvalue weighted by molar-refractivity contribution is 7.26. The molecule has 9 rings (SSSR count). The zero-order valence-corrected chi connectivity index (χ0v) is 24.9. The van der Waals surface area contributed by atoms with Crippen LogP contribution in [0.2, 0.25) is 0 Å². The average Bonchev–Trinajstić information content (AvgIpc) is 3.67. The minimum Gasteiger partial charge on any atom is -0.226 e. The minimum absolute atomic E-state index is 0.714. The SMILES string of the molecule is c1ccc(-c2nc(-c3ccccc3-c3nc(-c4ccccc4)nc4c3sc3ccccc34)c3sc4ccccc4c3n2)cc1. The van der Waals surface area contributed by atoms with Gasteiger partial charge in [-0.2, -0.15) is 0 Å². The van der Waals surface area contributed by atoms with E-state index in [4.69, 9.17) is 19.9 Å². The summed E-state index contributed by atoms with van der Waals surface area (Å²) in [5.74, 6) is 1.43. The molecule has 0 bridgehead atoms. The summed E-state index contributed by atoms with van der Waals surface area (Å²) in [6, 6.07) is 45.9. The minimum atomic E-state index is 0.714. The molecule has 0 saturated heterocycles. The molecule has 4 nitrogen and oxygen atoms in total. The van der Waals surface area contributed by atoms with Crippen LogP contribution in [0.5, 0.6) is 0 Å². The van der Waals surface area contributed by atoms with Crippen molar-refractivity contribution >= 4 is 63.3 Å². The van der Waals surface area contributed by atoms with Gasteiger partial charge < -0.3 is 0 Å². The number of rotatable bonds is 4. The van der Waals surface area contributed by atoms with Gasteiger partial charge in [-0.1, -0.05) is 121 Å². The van der Waals surface area contributed by atoms with Gasteiger partial charge in [-0.25, -0.2) is 19.9 Å². The Labute approximate surface area is 261 Å². The smallest absolute Gasteiger partial charge is 0.160 e. The molecule has 0 aliphatic heterocycles. The number of aromatic nitrogens is 4. The summed E-state index contributed by atoms with van der Waals surface area (Å²) in [7, 11) is 0. The maximum absolute atomic E-state index is 5.29. The van der Waals surface area contributed by atoms with E-state index in [1.165, 1.54) is 9.40 Å². The molecule has 44 heavy (non-hydrogen) atoms. The molecule has 206 valence electrons. The Morgan fingerprint density at radius 1 is 0.364 bits per heavy atom. The third-order valence-electron chi connectivity index (χ3n) is 7.94. The molecule has 4 aromatic heterocycles. The van der Waals surface area contributed by atoms with Crippen molar-refractivity contribution in [1.82, 2.24) is 19.9 Å². The summed E-state index contributed by atoms with van der Waals surface area (Å²) in [6.45, 7) is 0. The van der Waals surface area contributed by atoms with Crippen LogP contribution >= 0.6 is 22.7 Å². The molecule has 0 fully saturated rings. The lowest BCUT2D eigenvalue weighted by molar-refractivity contribution is 1.23. The van der Waals surface area contributed by atoms with Crippen molar-refractivity contribution in [2.75, 3.05) is 0 Å². The van der Waals surface area contributed by atoms with Gasteiger partial charge >= 0.3 is 0 Å². The van der Waals surface area contributed by atoms with Crippen molar-refractivity contribution < 1.29 is 0 Å². The predicted molar refractivity (Wildman–Crippen MR) is 185 cm³/mol. The Kier molecular flexibility index (Phi) is 5.82. The van der Waals surface area contributed by atoms with Crippen LogP contribution in [-0.2, 0) is 0 Å². The summed E-state index contributed by atoms with van der Waals surface area (Å²) >= 11 is 3.49. The highest BCUT2D eigenvalue weighted by Gasteiger charge is 2.22. The highest BCUT2D eigenvalue weighted by Crippen LogP contribution is 2.45. The number of fused-ring (bicyclic) bond motifs is 6. The van der Waals surface area contributed by atoms with Gasteiger partial charge in [-0.05, 0) is 12.1 Å². The topological polar surface area (TPSA) is 51.6 Å². The van der Waals surface area contributed by atoms with E-state index in [2.05, 4.69) is 97.1 Å². The summed E-state index contributed by atoms with van der Waals surface area (Å²) in [6.07, 6.45) is 0. The molecule has 0 amide bonds. The van der Waals surface area contributed by atoms with E-state index >= 15 is 0 Å². The Balaban J connectivity index is 1.38. The first kappa shape index (κ1) is 25.2. The lowest BCUT2D eigenvalue weighted by atomic mass is 9.99. The van der Waals surface area contributed by atoms with Crippen LogP contribution < -0.4 is 0 Å². The van der Waals surface area contributed by atoms with Gasteiger partial charge in [-0.15, -0.1) is 22.7 Å². The zero-order valence-electron chi connectivity index (χ0n) is 23.3. The maximum atomic E-state index is 5.29. The fraction of sp³-hybridized carbons (Fsp3) is 0. The third kappa shape index (κ3) is 4.03. The van der Waals surface area contributed by atoms with Crippen LogP contribution in [-0.4, -0.2) is 19.9 Å². The van der Waals surface area contributed by atoms with Crippen molar-refractivity contribution in [2.45, 2.75) is 0 Å². The number of thiophene rings is 2. The largest absolute Gasteiger partial charge is 0.226 e. The van der Waals surface area contributed by atoms with Crippen LogP contribution in [0.25, 0.3) is 85.9 Å². The molecule has 6 heteroatoms. The molecule has 0 aliphatic carbocycles. The van der Waals surface area contributed by atoms with Gasteiger partial charge in [0.2, 0.25) is 0 Å². The second kappa shape index (κ2) is 10.2. The second-order valence-electron chi connectivity index (χ2n) is 10.6. The number of benzene rings is 5. The Bertz CT molecular complexity index is 2320. The number of nitrogens with zero attached hydrogens (tertiary/aromatic N) is 4. The lowest BCUT2D eigenvalue weighted by Crippen LogP contribution is -1.97. The molecule has 9 aromatic rings. The lowest BCUT2D eigenvalue weighted by Gasteiger charge is -2.13. The van der Waals surface area contributed by atoms with Gasteiger partial charge in [0.1, 0.15) is 0 Å². The highest BCUT2D eigenvalue weighted by atomic mass is 32.1. The second-order valence-corrected chi connectivity index (χ2v) is 12.7. The van der Waals surface area contributed by atoms with Crippen LogP contribution in [0.4, 0.5) is 0 Å². The monoisotopic (exact) mass is 598 g/mol. The van der Waals surface area contributed by atoms with Gasteiger partial charge in [0.05, 0.1) is 31.8 Å². The molecule has 0 saturated carbocycles. The van der Waals surface area contributed by atoms with Crippen LogP contribution in [0.15, 0.2) is 133 Å². The molecule has 0 unspecified atom stereocenters. The average molecular weight is 599 g/mol. The van der Waals surface area contributed by atoms with Gasteiger partial charge in [0.25, 0.3) is 0 Å². The number of hydrogen-bond acceptors (Lipinski definition) is 6. The molecule has 0 spiro atoms. The molecular formula is C38H22N4S2. The van der Waals surface area contributed by atoms with Crippen LogP contribution in [0.1, 0.15) is 0 Å². The van der Waals surface area contributed by atoms with Gasteiger partial charge in [-0.3, -0.25) is 0 Å². The molecular weight excluding hydrogens is 577 g/mol. The van der Waals surface area contributed by atoms with E-state index in [0.29, 0.717) is 11.6 Å². The van der Waals surface area contributed by atoms with Crippen LogP contribution in [0, 0.1) is 0 Å². The van der Waals surface area contributed by atoms with Gasteiger partial charge in [0, 0.05) is 42.4 Å². The van der Waals surface area contributed by atoms with Crippen molar-refractivity contribution in [1.29, 1.82) is 0 Å². The Morgan fingerprint density at radius 2 is 0.750 bits per heavy atom. The summed E-state index contributed by atoms with van der Waals surface area (Å²) in [5, 5.41) is 2.29. The third-order valence-corrected chi connectivity index (χ3v) is 10.3. The first-order chi connectivity index (χ1) is 21.8. The summed E-state index contributed by atoms with van der Waals surface area (Å²) in [4.78, 5) is 20.8. The molecule has 0 aliphatic rings. The Hall–Kier alpha value is -5.30. The fourth-order valence-electron chi connectivity index (χ4n) is 5.88. The van der Waals surface area contributed by atoms with Crippen molar-refractivity contribution in [3.05, 3.63) is 133 Å². The van der Waals surface area contributed by atoms with E-state index in [9.17, 15) is 0 Å². The van der Waals surface area contributed by atoms with Crippen LogP contribution in [0.3, 0.4) is 0 Å². The van der Waals surface area contributed by atoms with E-state index in [1.807, 2.05) is 36.4 Å². The Morgan fingerprint density at radius 3 is 1.20 bits per heavy atom. The predicted octanol–water partition coefficient (Wildman–Crippen LogP) is 10.7. The first-order valence-corrected chi connectivity index (χ1v) is 16.0. The normalized spacial score (nSPS) is 11.6. The van der Waals surface area contributed by atoms with Crippen molar-refractivity contribution in [2.24, 2.45) is 0 Å². The molecule has 0 atom stereocenters. The zero-order chi connectivity index (χ0) is 29.0. The molecule has 4 heterocycles. The molecule has 0 N–H and O–H groups in total. The summed E-state index contributed by atoms with van der Waals surface area (Å²) < 4.78 is 4.54. The fourth-order valence-corrected chi connectivity index (χ4v) is 8.17. The first-order valence-electron chi connectivity index (χ1n) is 14.4.